The number of rotatable bonds is 3. The van der Waals surface area contributed by atoms with Gasteiger partial charge in [0.25, 0.3) is 0 Å². The van der Waals surface area contributed by atoms with Crippen LogP contribution in [0, 0.1) is 5.41 Å². The second kappa shape index (κ2) is 4.45. The van der Waals surface area contributed by atoms with Crippen molar-refractivity contribution < 1.29 is 9.53 Å². The maximum absolute atomic E-state index is 11.0. The van der Waals surface area contributed by atoms with Gasteiger partial charge in [0.1, 0.15) is 10.9 Å². The number of alkyl halides is 1. The molecule has 0 radical (unpaired) electrons. The summed E-state index contributed by atoms with van der Waals surface area (Å²) in [4.78, 5) is 11.0. The summed E-state index contributed by atoms with van der Waals surface area (Å²) in [6, 6.07) is 0. The normalized spacial score (nSPS) is 12.8. The number of esters is 1. The molecule has 0 spiro atoms. The smallest absolute Gasteiger partial charge is 0.317 e. The molecule has 2 nitrogen and oxygen atoms in total. The molecule has 13 heavy (non-hydrogen) atoms. The average Bonchev–Trinajstić information content (AvgIpc) is 1.80. The van der Waals surface area contributed by atoms with Crippen LogP contribution < -0.4 is 0 Å². The average molecular weight is 251 g/mol. The molecule has 0 amide bonds. The van der Waals surface area contributed by atoms with Crippen LogP contribution in [-0.4, -0.2) is 16.9 Å². The lowest BCUT2D eigenvalue weighted by Crippen LogP contribution is -2.33. The maximum atomic E-state index is 11.0. The van der Waals surface area contributed by atoms with E-state index >= 15 is 0 Å². The Morgan fingerprint density at radius 2 is 1.69 bits per heavy atom. The highest BCUT2D eigenvalue weighted by molar-refractivity contribution is 9.09. The summed E-state index contributed by atoms with van der Waals surface area (Å²) in [6.45, 7) is 10.3. The largest absolute Gasteiger partial charge is 0.459 e. The Kier molecular flexibility index (Phi) is 4.43. The molecule has 0 atom stereocenters. The first-order valence-corrected chi connectivity index (χ1v) is 5.56. The zero-order chi connectivity index (χ0) is 10.7. The monoisotopic (exact) mass is 250 g/mol. The van der Waals surface area contributed by atoms with E-state index in [1.807, 2.05) is 13.8 Å². The Bertz CT molecular complexity index is 180. The lowest BCUT2D eigenvalue weighted by atomic mass is 9.84. The van der Waals surface area contributed by atoms with Crippen molar-refractivity contribution in [2.75, 3.05) is 5.33 Å². The highest BCUT2D eigenvalue weighted by Crippen LogP contribution is 2.29. The minimum atomic E-state index is -0.372. The highest BCUT2D eigenvalue weighted by atomic mass is 79.9. The Hall–Kier alpha value is -0.0500. The van der Waals surface area contributed by atoms with Crippen LogP contribution in [0.25, 0.3) is 0 Å². The van der Waals surface area contributed by atoms with E-state index in [0.717, 1.165) is 6.42 Å². The van der Waals surface area contributed by atoms with Crippen LogP contribution in [0.3, 0.4) is 0 Å². The van der Waals surface area contributed by atoms with Crippen LogP contribution >= 0.6 is 15.9 Å². The van der Waals surface area contributed by atoms with Crippen LogP contribution in [0.1, 0.15) is 41.0 Å². The SMILES string of the molecule is CC(C)(C)CC(C)(C)OC(=O)CBr. The van der Waals surface area contributed by atoms with Gasteiger partial charge in [0.2, 0.25) is 0 Å². The first kappa shape index (κ1) is 12.9. The van der Waals surface area contributed by atoms with Gasteiger partial charge >= 0.3 is 5.97 Å². The third-order valence-corrected chi connectivity index (χ3v) is 1.91. The third kappa shape index (κ3) is 7.05. The fraction of sp³-hybridized carbons (Fsp3) is 0.900. The maximum Gasteiger partial charge on any atom is 0.317 e. The molecule has 0 aromatic rings. The molecule has 0 aliphatic rings. The van der Waals surface area contributed by atoms with Crippen LogP contribution in [-0.2, 0) is 9.53 Å². The van der Waals surface area contributed by atoms with Crippen molar-refractivity contribution in [2.24, 2.45) is 5.41 Å². The van der Waals surface area contributed by atoms with Crippen molar-refractivity contribution in [2.45, 2.75) is 46.6 Å². The number of carbonyl (C=O) groups is 1. The van der Waals surface area contributed by atoms with E-state index in [-0.39, 0.29) is 22.3 Å². The number of hydrogen-bond donors (Lipinski definition) is 0. The molecule has 0 N–H and O–H groups in total. The van der Waals surface area contributed by atoms with Gasteiger partial charge in [-0.2, -0.15) is 0 Å². The molecule has 0 aromatic heterocycles. The summed E-state index contributed by atoms with van der Waals surface area (Å²) in [5, 5.41) is 0.264. The predicted molar refractivity (Wildman–Crippen MR) is 58.0 cm³/mol. The van der Waals surface area contributed by atoms with Crippen molar-refractivity contribution in [1.29, 1.82) is 0 Å². The second-order valence-electron chi connectivity index (χ2n) is 5.10. The number of halogens is 1. The molecular weight excluding hydrogens is 232 g/mol. The molecule has 0 fully saturated rings. The van der Waals surface area contributed by atoms with E-state index in [4.69, 9.17) is 4.74 Å². The summed E-state index contributed by atoms with van der Waals surface area (Å²) in [5.74, 6) is -0.200. The molecule has 0 aromatic carbocycles. The highest BCUT2D eigenvalue weighted by Gasteiger charge is 2.28. The van der Waals surface area contributed by atoms with Crippen LogP contribution in [0.4, 0.5) is 0 Å². The summed E-state index contributed by atoms with van der Waals surface area (Å²) < 4.78 is 5.28. The van der Waals surface area contributed by atoms with Gasteiger partial charge in [0.15, 0.2) is 0 Å². The predicted octanol–water partition coefficient (Wildman–Crippen LogP) is 3.14. The van der Waals surface area contributed by atoms with Gasteiger partial charge in [0, 0.05) is 0 Å². The fourth-order valence-electron chi connectivity index (χ4n) is 1.65. The standard InChI is InChI=1S/C10H19BrO2/c1-9(2,3)7-10(4,5)13-8(12)6-11/h6-7H2,1-5H3. The minimum Gasteiger partial charge on any atom is -0.459 e. The molecule has 0 saturated heterocycles. The molecule has 0 bridgehead atoms. The third-order valence-electron chi connectivity index (χ3n) is 1.46. The Morgan fingerprint density at radius 1 is 1.23 bits per heavy atom. The topological polar surface area (TPSA) is 26.3 Å². The summed E-state index contributed by atoms with van der Waals surface area (Å²) in [6.07, 6.45) is 0.860. The second-order valence-corrected chi connectivity index (χ2v) is 5.67. The molecule has 0 unspecified atom stereocenters. The van der Waals surface area contributed by atoms with Crippen molar-refractivity contribution in [3.63, 3.8) is 0 Å². The quantitative estimate of drug-likeness (QED) is 0.569. The van der Waals surface area contributed by atoms with Gasteiger partial charge in [-0.1, -0.05) is 36.7 Å². The van der Waals surface area contributed by atoms with E-state index in [0.29, 0.717) is 0 Å². The van der Waals surface area contributed by atoms with Gasteiger partial charge in [0.05, 0.1) is 0 Å². The van der Waals surface area contributed by atoms with Gasteiger partial charge in [-0.3, -0.25) is 4.79 Å². The van der Waals surface area contributed by atoms with E-state index in [2.05, 4.69) is 36.7 Å². The molecular formula is C10H19BrO2. The first-order chi connectivity index (χ1) is 5.66. The molecule has 0 aliphatic heterocycles. The van der Waals surface area contributed by atoms with Crippen molar-refractivity contribution in [3.05, 3.63) is 0 Å². The number of carbonyl (C=O) groups excluding carboxylic acids is 1. The van der Waals surface area contributed by atoms with E-state index in [1.54, 1.807) is 0 Å². The molecule has 0 aliphatic carbocycles. The fourth-order valence-corrected chi connectivity index (χ4v) is 1.76. The van der Waals surface area contributed by atoms with Crippen molar-refractivity contribution in [3.8, 4) is 0 Å². The molecule has 0 heterocycles. The summed E-state index contributed by atoms with van der Waals surface area (Å²) in [7, 11) is 0. The molecule has 0 rings (SSSR count). The Morgan fingerprint density at radius 3 is 2.00 bits per heavy atom. The number of ether oxygens (including phenoxy) is 1. The lowest BCUT2D eigenvalue weighted by molar-refractivity contribution is -0.155. The lowest BCUT2D eigenvalue weighted by Gasteiger charge is -2.31. The zero-order valence-electron chi connectivity index (χ0n) is 9.11. The zero-order valence-corrected chi connectivity index (χ0v) is 10.7. The Balaban J connectivity index is 4.16. The molecule has 3 heteroatoms. The van der Waals surface area contributed by atoms with Gasteiger partial charge in [-0.15, -0.1) is 0 Å². The molecule has 0 saturated carbocycles. The number of hydrogen-bond acceptors (Lipinski definition) is 2. The van der Waals surface area contributed by atoms with Crippen molar-refractivity contribution >= 4 is 21.9 Å². The van der Waals surface area contributed by atoms with Crippen LogP contribution in [0.15, 0.2) is 0 Å². The van der Waals surface area contributed by atoms with Crippen LogP contribution in [0.5, 0.6) is 0 Å². The summed E-state index contributed by atoms with van der Waals surface area (Å²) in [5.41, 5.74) is -0.195. The summed E-state index contributed by atoms with van der Waals surface area (Å²) >= 11 is 3.07. The van der Waals surface area contributed by atoms with Gasteiger partial charge in [-0.05, 0) is 25.7 Å². The van der Waals surface area contributed by atoms with Crippen LogP contribution in [0.2, 0.25) is 0 Å². The van der Waals surface area contributed by atoms with Gasteiger partial charge < -0.3 is 4.74 Å². The minimum absolute atomic E-state index is 0.177. The van der Waals surface area contributed by atoms with Gasteiger partial charge in [-0.25, -0.2) is 0 Å². The van der Waals surface area contributed by atoms with E-state index < -0.39 is 0 Å². The van der Waals surface area contributed by atoms with Crippen molar-refractivity contribution in [1.82, 2.24) is 0 Å². The van der Waals surface area contributed by atoms with E-state index in [9.17, 15) is 4.79 Å². The van der Waals surface area contributed by atoms with E-state index in [1.165, 1.54) is 0 Å². The molecule has 78 valence electrons. The first-order valence-electron chi connectivity index (χ1n) is 4.44. The Labute approximate surface area is 89.2 Å².